The van der Waals surface area contributed by atoms with Gasteiger partial charge in [-0.1, -0.05) is 11.6 Å². The van der Waals surface area contributed by atoms with Crippen molar-refractivity contribution >= 4 is 52.6 Å². The molecule has 1 aromatic heterocycles. The Kier molecular flexibility index (Phi) is 10.7. The third kappa shape index (κ3) is 7.64. The van der Waals surface area contributed by atoms with Crippen molar-refractivity contribution in [3.63, 3.8) is 0 Å². The van der Waals surface area contributed by atoms with Crippen LogP contribution in [0, 0.1) is 22.6 Å². The monoisotopic (exact) mass is 837 g/mol. The summed E-state index contributed by atoms with van der Waals surface area (Å²) in [5.74, 6) is -1.96. The molecule has 17 heteroatoms. The van der Waals surface area contributed by atoms with Crippen LogP contribution in [0.3, 0.4) is 0 Å². The van der Waals surface area contributed by atoms with Crippen molar-refractivity contribution < 1.29 is 33.1 Å². The highest BCUT2D eigenvalue weighted by Crippen LogP contribution is 2.44. The number of piperidine rings is 2. The van der Waals surface area contributed by atoms with Gasteiger partial charge < -0.3 is 19.9 Å². The lowest BCUT2D eigenvalue weighted by molar-refractivity contribution is -0.136. The van der Waals surface area contributed by atoms with Crippen molar-refractivity contribution in [1.29, 1.82) is 5.26 Å². The van der Waals surface area contributed by atoms with Gasteiger partial charge >= 0.3 is 0 Å². The number of aromatic nitrogens is 2. The number of likely N-dealkylation sites (tertiary alicyclic amines) is 1. The van der Waals surface area contributed by atoms with Crippen molar-refractivity contribution in [2.24, 2.45) is 5.41 Å². The molecule has 0 bridgehead atoms. The fraction of sp³-hybridized carbons (Fsp3) is 0.488. The van der Waals surface area contributed by atoms with Gasteiger partial charge in [0.05, 0.1) is 33.5 Å². The molecule has 5 fully saturated rings. The van der Waals surface area contributed by atoms with Gasteiger partial charge in [-0.25, -0.2) is 4.39 Å². The van der Waals surface area contributed by atoms with E-state index in [2.05, 4.69) is 30.6 Å². The molecule has 15 nitrogen and oxygen atoms in total. The summed E-state index contributed by atoms with van der Waals surface area (Å²) in [6, 6.07) is 12.6. The van der Waals surface area contributed by atoms with E-state index in [1.807, 2.05) is 17.0 Å². The number of halogens is 2. The fourth-order valence-corrected chi connectivity index (χ4v) is 10.2. The number of imide groups is 2. The summed E-state index contributed by atoms with van der Waals surface area (Å²) in [5, 5.41) is 23.5. The van der Waals surface area contributed by atoms with E-state index in [-0.39, 0.29) is 58.8 Å². The summed E-state index contributed by atoms with van der Waals surface area (Å²) in [6.07, 6.45) is 6.92. The Morgan fingerprint density at radius 3 is 2.33 bits per heavy atom. The zero-order valence-corrected chi connectivity index (χ0v) is 33.8. The summed E-state index contributed by atoms with van der Waals surface area (Å²) in [6.45, 7) is 4.72. The molecule has 1 saturated carbocycles. The molecule has 312 valence electrons. The maximum atomic E-state index is 15.7. The number of fused-ring (bicyclic) bond motifs is 1. The molecule has 2 N–H and O–H groups in total. The lowest BCUT2D eigenvalue weighted by Crippen LogP contribution is -2.54. The van der Waals surface area contributed by atoms with Crippen LogP contribution in [0.5, 0.6) is 5.75 Å². The lowest BCUT2D eigenvalue weighted by Gasteiger charge is -2.38. The molecule has 5 amide bonds. The highest BCUT2D eigenvalue weighted by atomic mass is 35.5. The van der Waals surface area contributed by atoms with Gasteiger partial charge in [0.2, 0.25) is 11.8 Å². The van der Waals surface area contributed by atoms with Crippen molar-refractivity contribution in [2.75, 3.05) is 49.1 Å². The number of nitriles is 1. The number of nitrogens with one attached hydrogen (secondary N) is 2. The van der Waals surface area contributed by atoms with Gasteiger partial charge in [0.1, 0.15) is 23.7 Å². The van der Waals surface area contributed by atoms with Gasteiger partial charge in [0.25, 0.3) is 17.7 Å². The van der Waals surface area contributed by atoms with E-state index >= 15 is 4.39 Å². The molecular weight excluding hydrogens is 793 g/mol. The SMILES string of the molecule is N#Cc1ccc(OC2CCC(NC(=O)c3ccc(N4CCC(N5CCC6(CCN(c7cc8c(cc7F)C(=O)N(C7CCC(=O)NC7=O)C8=O)C6)C5)CC4)nn3)CC2)cc1Cl. The molecule has 4 saturated heterocycles. The van der Waals surface area contributed by atoms with Crippen LogP contribution in [0.2, 0.25) is 5.02 Å². The Morgan fingerprint density at radius 1 is 0.883 bits per heavy atom. The zero-order chi connectivity index (χ0) is 41.7. The van der Waals surface area contributed by atoms with E-state index in [1.54, 1.807) is 24.3 Å². The molecule has 6 aliphatic rings. The molecule has 2 unspecified atom stereocenters. The van der Waals surface area contributed by atoms with Crippen molar-refractivity contribution in [3.8, 4) is 11.8 Å². The molecule has 0 radical (unpaired) electrons. The third-order valence-electron chi connectivity index (χ3n) is 13.3. The quantitative estimate of drug-likeness (QED) is 0.309. The number of hydrogen-bond acceptors (Lipinski definition) is 12. The molecule has 2 atom stereocenters. The summed E-state index contributed by atoms with van der Waals surface area (Å²) in [4.78, 5) is 71.4. The summed E-state index contributed by atoms with van der Waals surface area (Å²) in [7, 11) is 0. The number of rotatable bonds is 8. The van der Waals surface area contributed by atoms with E-state index in [0.29, 0.717) is 35.5 Å². The van der Waals surface area contributed by atoms with Gasteiger partial charge in [0, 0.05) is 62.7 Å². The number of ether oxygens (including phenoxy) is 1. The minimum atomic E-state index is -1.10. The summed E-state index contributed by atoms with van der Waals surface area (Å²) in [5.41, 5.74) is 0.978. The van der Waals surface area contributed by atoms with Gasteiger partial charge in [-0.05, 0) is 101 Å². The number of carbonyl (C=O) groups excluding carboxylic acids is 5. The second-order valence-corrected chi connectivity index (χ2v) is 17.4. The average molecular weight is 838 g/mol. The Hall–Kier alpha value is -5.66. The number of nitrogens with zero attached hydrogens (tertiary/aromatic N) is 7. The molecule has 2 aromatic carbocycles. The van der Waals surface area contributed by atoms with Gasteiger partial charge in [-0.3, -0.25) is 39.1 Å². The Bertz CT molecular complexity index is 2290. The molecule has 1 spiro atoms. The van der Waals surface area contributed by atoms with E-state index < -0.39 is 35.5 Å². The first kappa shape index (κ1) is 39.8. The molecule has 9 rings (SSSR count). The second-order valence-electron chi connectivity index (χ2n) is 17.0. The van der Waals surface area contributed by atoms with E-state index in [1.165, 1.54) is 6.07 Å². The maximum Gasteiger partial charge on any atom is 0.272 e. The van der Waals surface area contributed by atoms with Crippen LogP contribution < -0.4 is 25.2 Å². The van der Waals surface area contributed by atoms with Crippen LogP contribution in [-0.4, -0.2) is 113 Å². The first-order valence-corrected chi connectivity index (χ1v) is 21.2. The number of benzene rings is 2. The largest absolute Gasteiger partial charge is 0.490 e. The molecule has 60 heavy (non-hydrogen) atoms. The van der Waals surface area contributed by atoms with Crippen LogP contribution >= 0.6 is 11.6 Å². The second kappa shape index (κ2) is 16.1. The van der Waals surface area contributed by atoms with Gasteiger partial charge in [-0.15, -0.1) is 10.2 Å². The average Bonchev–Trinajstić information content (AvgIpc) is 3.93. The van der Waals surface area contributed by atoms with E-state index in [0.717, 1.165) is 94.3 Å². The first-order valence-electron chi connectivity index (χ1n) is 20.8. The standard InChI is InChI=1S/C43H45ClFN9O6/c44-32-19-29(4-1-25(32)22-46)60-28-5-2-26(3-6-28)47-39(56)34-7-9-37(50-49-34)51-15-11-27(12-16-51)52-17-13-43(23-52)14-18-53(24-43)36-21-31-30(20-33(36)45)41(58)54(42(31)59)35-8-10-38(55)48-40(35)57/h1,4,7,9,19-21,26-28,35H,2-3,5-6,8,10-18,23-24H2,(H,47,56)(H,48,55,57). The van der Waals surface area contributed by atoms with E-state index in [9.17, 15) is 24.0 Å². The molecular formula is C43H45ClFN9O6. The number of anilines is 2. The van der Waals surface area contributed by atoms with Crippen LogP contribution in [-0.2, 0) is 9.59 Å². The number of hydrogen-bond donors (Lipinski definition) is 2. The van der Waals surface area contributed by atoms with Gasteiger partial charge in [-0.2, -0.15) is 5.26 Å². The molecule has 5 aliphatic heterocycles. The van der Waals surface area contributed by atoms with Crippen LogP contribution in [0.15, 0.2) is 42.5 Å². The highest BCUT2D eigenvalue weighted by molar-refractivity contribution is 6.31. The van der Waals surface area contributed by atoms with Crippen LogP contribution in [0.1, 0.15) is 101 Å². The Balaban J connectivity index is 0.737. The molecule has 6 heterocycles. The number of amides is 5. The smallest absolute Gasteiger partial charge is 0.272 e. The van der Waals surface area contributed by atoms with Gasteiger partial charge in [0.15, 0.2) is 11.5 Å². The topological polar surface area (TPSA) is 181 Å². The number of carbonyl (C=O) groups is 5. The summed E-state index contributed by atoms with van der Waals surface area (Å²) < 4.78 is 21.7. The predicted octanol–water partition coefficient (Wildman–Crippen LogP) is 4.23. The molecule has 1 aliphatic carbocycles. The normalized spacial score (nSPS) is 26.1. The Morgan fingerprint density at radius 2 is 1.63 bits per heavy atom. The fourth-order valence-electron chi connectivity index (χ4n) is 9.99. The van der Waals surface area contributed by atoms with Crippen LogP contribution in [0.4, 0.5) is 15.9 Å². The minimum absolute atomic E-state index is 0.00477. The van der Waals surface area contributed by atoms with E-state index in [4.69, 9.17) is 21.6 Å². The Labute approximate surface area is 351 Å². The summed E-state index contributed by atoms with van der Waals surface area (Å²) >= 11 is 6.15. The first-order chi connectivity index (χ1) is 29.0. The molecule has 3 aromatic rings. The van der Waals surface area contributed by atoms with Crippen molar-refractivity contribution in [2.45, 2.75) is 88.4 Å². The highest BCUT2D eigenvalue weighted by Gasteiger charge is 2.48. The minimum Gasteiger partial charge on any atom is -0.490 e. The predicted molar refractivity (Wildman–Crippen MR) is 216 cm³/mol. The third-order valence-corrected chi connectivity index (χ3v) is 13.6. The van der Waals surface area contributed by atoms with Crippen molar-refractivity contribution in [3.05, 3.63) is 75.7 Å². The lowest BCUT2D eigenvalue weighted by atomic mass is 9.86. The van der Waals surface area contributed by atoms with Crippen LogP contribution in [0.25, 0.3) is 0 Å². The zero-order valence-electron chi connectivity index (χ0n) is 33.0. The maximum absolute atomic E-state index is 15.7. The van der Waals surface area contributed by atoms with Crippen molar-refractivity contribution in [1.82, 2.24) is 30.6 Å².